The summed E-state index contributed by atoms with van der Waals surface area (Å²) in [5, 5.41) is 2.75. The van der Waals surface area contributed by atoms with Gasteiger partial charge in [0, 0.05) is 8.80 Å². The molecule has 0 saturated heterocycles. The Kier molecular flexibility index (Phi) is 12.3. The quantitative estimate of drug-likeness (QED) is 0.468. The van der Waals surface area contributed by atoms with E-state index in [2.05, 4.69) is 81.5 Å². The van der Waals surface area contributed by atoms with Crippen molar-refractivity contribution in [2.24, 2.45) is 0 Å². The molecular formula is C19H24Cl2NSiTi. The van der Waals surface area contributed by atoms with E-state index < -0.39 is 0 Å². The third kappa shape index (κ3) is 6.93. The average molecular weight is 413 g/mol. The van der Waals surface area contributed by atoms with Gasteiger partial charge in [0.15, 0.2) is 0 Å². The molecule has 0 amide bonds. The van der Waals surface area contributed by atoms with E-state index in [0.717, 1.165) is 6.42 Å². The van der Waals surface area contributed by atoms with Crippen molar-refractivity contribution in [2.75, 3.05) is 0 Å². The Bertz CT molecular complexity index is 669. The number of rotatable bonds is 1. The summed E-state index contributed by atoms with van der Waals surface area (Å²) >= 11 is 0. The molecule has 127 valence electrons. The van der Waals surface area contributed by atoms with E-state index in [9.17, 15) is 0 Å². The maximum Gasteiger partial charge on any atom is 4.00 e. The topological polar surface area (TPSA) is 15.8 Å². The molecule has 1 N–H and O–H groups in total. The van der Waals surface area contributed by atoms with Gasteiger partial charge in [-0.25, -0.2) is 11.3 Å². The molecule has 2 aromatic rings. The van der Waals surface area contributed by atoms with Crippen molar-refractivity contribution in [3.8, 4) is 0 Å². The minimum atomic E-state index is -0.194. The molecule has 24 heavy (non-hydrogen) atoms. The number of hydrogen-bond acceptors (Lipinski definition) is 0. The third-order valence-corrected chi connectivity index (χ3v) is 4.92. The Morgan fingerprint density at radius 2 is 1.71 bits per heavy atom. The molecule has 1 nitrogen and oxygen atoms in total. The number of fused-ring (bicyclic) bond motifs is 1. The first-order valence-electron chi connectivity index (χ1n) is 7.46. The standard InChI is InChI=1S/C12H14N.C7H10Si.2ClH.Ti/c1-12(2,3)10-8-13-11-7-5-4-6-9(10)11;1-8(2)7-5-3-4-6-7;;;/h4-7,13H,1-3H3;3,5H,4H2,1-2H3;2*1H;/q2*-1;;;+4/p-2. The molecule has 1 radical (unpaired) electrons. The summed E-state index contributed by atoms with van der Waals surface area (Å²) in [6, 6.07) is 8.34. The normalized spacial score (nSPS) is 12.5. The summed E-state index contributed by atoms with van der Waals surface area (Å²) < 4.78 is 0. The van der Waals surface area contributed by atoms with Gasteiger partial charge in [0.1, 0.15) is 0 Å². The average Bonchev–Trinajstić information content (AvgIpc) is 3.08. The van der Waals surface area contributed by atoms with E-state index in [1.165, 1.54) is 21.7 Å². The second-order valence-corrected chi connectivity index (χ2v) is 9.16. The number of nitrogens with one attached hydrogen (secondary N) is 1. The number of H-pyrrole nitrogens is 1. The van der Waals surface area contributed by atoms with E-state index in [1.54, 1.807) is 0 Å². The Labute approximate surface area is 175 Å². The van der Waals surface area contributed by atoms with Crippen LogP contribution in [0.1, 0.15) is 32.8 Å². The minimum Gasteiger partial charge on any atom is -1.00 e. The number of halogens is 2. The second kappa shape index (κ2) is 11.4. The van der Waals surface area contributed by atoms with Gasteiger partial charge < -0.3 is 29.8 Å². The number of aromatic nitrogens is 1. The van der Waals surface area contributed by atoms with Gasteiger partial charge in [0.05, 0.1) is 0 Å². The van der Waals surface area contributed by atoms with E-state index in [-0.39, 0.29) is 60.7 Å². The zero-order valence-electron chi connectivity index (χ0n) is 14.9. The number of allylic oxidation sites excluding steroid dienone is 4. The molecule has 3 rings (SSSR count). The molecule has 0 atom stereocenters. The maximum absolute atomic E-state index is 3.31. The van der Waals surface area contributed by atoms with Crippen LogP contribution in [0.2, 0.25) is 13.1 Å². The zero-order valence-corrected chi connectivity index (χ0v) is 19.0. The fourth-order valence-corrected chi connectivity index (χ4v) is 3.25. The molecule has 1 aromatic heterocycles. The van der Waals surface area contributed by atoms with Crippen LogP contribution in [0.15, 0.2) is 41.6 Å². The Hall–Kier alpha value is -0.249. The largest absolute Gasteiger partial charge is 4.00 e. The summed E-state index contributed by atoms with van der Waals surface area (Å²) in [5.74, 6) is 0. The predicted molar refractivity (Wildman–Crippen MR) is 93.8 cm³/mol. The number of hydrogen-bond donors (Lipinski definition) is 1. The van der Waals surface area contributed by atoms with Gasteiger partial charge in [0.25, 0.3) is 0 Å². The summed E-state index contributed by atoms with van der Waals surface area (Å²) in [6.45, 7) is 11.2. The van der Waals surface area contributed by atoms with Gasteiger partial charge in [-0.15, -0.1) is 35.8 Å². The van der Waals surface area contributed by atoms with E-state index in [0.29, 0.717) is 0 Å². The maximum atomic E-state index is 3.31. The zero-order chi connectivity index (χ0) is 15.5. The van der Waals surface area contributed by atoms with Crippen molar-refractivity contribution >= 4 is 19.7 Å². The van der Waals surface area contributed by atoms with Crippen LogP contribution in [-0.2, 0) is 27.1 Å². The van der Waals surface area contributed by atoms with Crippen molar-refractivity contribution in [3.63, 3.8) is 0 Å². The monoisotopic (exact) mass is 412 g/mol. The van der Waals surface area contributed by atoms with Crippen LogP contribution in [0.4, 0.5) is 0 Å². The van der Waals surface area contributed by atoms with Crippen LogP contribution >= 0.6 is 0 Å². The minimum absolute atomic E-state index is 0. The van der Waals surface area contributed by atoms with Gasteiger partial charge in [-0.1, -0.05) is 46.0 Å². The van der Waals surface area contributed by atoms with Crippen LogP contribution in [0.25, 0.3) is 10.9 Å². The fourth-order valence-electron chi connectivity index (χ4n) is 2.35. The molecule has 1 aromatic carbocycles. The number of para-hydroxylation sites is 1. The third-order valence-electron chi connectivity index (χ3n) is 3.50. The SMILES string of the molecule is CC(C)(C)c1[c-][nH]c2ccccc12.C[Si](C)C1=[C-]CC=C1.[Cl-].[Cl-].[Ti+4]. The smallest absolute Gasteiger partial charge is 1.00 e. The van der Waals surface area contributed by atoms with E-state index >= 15 is 0 Å². The molecule has 1 heterocycles. The first-order chi connectivity index (χ1) is 9.89. The molecule has 0 bridgehead atoms. The molecule has 0 spiro atoms. The Morgan fingerprint density at radius 3 is 2.17 bits per heavy atom. The molecular weight excluding hydrogens is 389 g/mol. The second-order valence-electron chi connectivity index (χ2n) is 6.62. The van der Waals surface area contributed by atoms with Crippen molar-refractivity contribution in [2.45, 2.75) is 45.7 Å². The molecule has 5 heteroatoms. The molecule has 1 aliphatic carbocycles. The summed E-state index contributed by atoms with van der Waals surface area (Å²) in [4.78, 5) is 3.17. The van der Waals surface area contributed by atoms with Crippen LogP contribution in [-0.4, -0.2) is 13.8 Å². The van der Waals surface area contributed by atoms with Gasteiger partial charge >= 0.3 is 21.7 Å². The van der Waals surface area contributed by atoms with Crippen molar-refractivity contribution in [1.82, 2.24) is 4.98 Å². The van der Waals surface area contributed by atoms with Crippen LogP contribution in [0.3, 0.4) is 0 Å². The Balaban J connectivity index is 0. The van der Waals surface area contributed by atoms with E-state index in [1.807, 2.05) is 6.07 Å². The van der Waals surface area contributed by atoms with Gasteiger partial charge in [0.2, 0.25) is 0 Å². The predicted octanol–water partition coefficient (Wildman–Crippen LogP) is -0.759. The summed E-state index contributed by atoms with van der Waals surface area (Å²) in [6.07, 6.45) is 12.0. The van der Waals surface area contributed by atoms with E-state index in [4.69, 9.17) is 0 Å². The molecule has 0 saturated carbocycles. The first kappa shape index (κ1) is 26.0. The molecule has 0 aliphatic heterocycles. The van der Waals surface area contributed by atoms with Crippen molar-refractivity contribution < 1.29 is 46.5 Å². The summed E-state index contributed by atoms with van der Waals surface area (Å²) in [7, 11) is -0.194. The fraction of sp³-hybridized carbons (Fsp3) is 0.368. The first-order valence-corrected chi connectivity index (χ1v) is 9.96. The molecule has 0 fully saturated rings. The van der Waals surface area contributed by atoms with Gasteiger partial charge in [-0.3, -0.25) is 6.08 Å². The van der Waals surface area contributed by atoms with Crippen molar-refractivity contribution in [1.29, 1.82) is 0 Å². The molecule has 0 unspecified atom stereocenters. The number of benzene rings is 1. The number of aromatic amines is 1. The van der Waals surface area contributed by atoms with Crippen molar-refractivity contribution in [3.05, 3.63) is 59.5 Å². The van der Waals surface area contributed by atoms with Crippen LogP contribution in [0, 0.1) is 12.3 Å². The molecule has 1 aliphatic rings. The van der Waals surface area contributed by atoms with Gasteiger partial charge in [-0.05, 0) is 5.41 Å². The van der Waals surface area contributed by atoms with Crippen LogP contribution in [0.5, 0.6) is 0 Å². The van der Waals surface area contributed by atoms with Gasteiger partial charge in [-0.2, -0.15) is 11.5 Å². The summed E-state index contributed by atoms with van der Waals surface area (Å²) in [5.41, 5.74) is 2.61. The van der Waals surface area contributed by atoms with Crippen LogP contribution < -0.4 is 24.8 Å². The Morgan fingerprint density at radius 1 is 1.08 bits per heavy atom.